The topological polar surface area (TPSA) is 0 Å². The molecular formula is C114H78. The minimum Gasteiger partial charge on any atom is -0.0616 e. The molecule has 534 valence electrons. The molecule has 0 nitrogen and oxygen atoms in total. The molecule has 0 unspecified atom stereocenters. The molecule has 114 heavy (non-hydrogen) atoms. The third kappa shape index (κ3) is 10.4. The summed E-state index contributed by atoms with van der Waals surface area (Å²) in [4.78, 5) is 0. The molecule has 0 radical (unpaired) electrons. The van der Waals surface area contributed by atoms with E-state index in [1.807, 2.05) is 0 Å². The monoisotopic (exact) mass is 1450 g/mol. The lowest BCUT2D eigenvalue weighted by atomic mass is 9.78. The lowest BCUT2D eigenvalue weighted by Crippen LogP contribution is -2.16. The molecule has 2 aliphatic carbocycles. The fraction of sp³-hybridized carbons (Fsp3) is 0.0526. The van der Waals surface area contributed by atoms with Crippen LogP contribution in [0.5, 0.6) is 0 Å². The summed E-state index contributed by atoms with van der Waals surface area (Å²) in [6, 6.07) is 149. The molecule has 0 heterocycles. The molecule has 0 amide bonds. The largest absolute Gasteiger partial charge is 0.0616 e. The zero-order valence-corrected chi connectivity index (χ0v) is 64.1. The van der Waals surface area contributed by atoms with E-state index >= 15 is 0 Å². The van der Waals surface area contributed by atoms with E-state index in [1.165, 1.54) is 230 Å². The van der Waals surface area contributed by atoms with Gasteiger partial charge in [-0.25, -0.2) is 0 Å². The number of hydrogen-bond donors (Lipinski definition) is 0. The Bertz CT molecular complexity index is 7460. The molecule has 21 aromatic carbocycles. The van der Waals surface area contributed by atoms with Crippen LogP contribution in [0.2, 0.25) is 0 Å². The van der Waals surface area contributed by atoms with E-state index in [2.05, 4.69) is 428 Å². The molecule has 21 aromatic rings. The van der Waals surface area contributed by atoms with Crippen LogP contribution in [-0.2, 0) is 10.8 Å². The Hall–Kier alpha value is -14.0. The van der Waals surface area contributed by atoms with Gasteiger partial charge in [-0.3, -0.25) is 0 Å². The van der Waals surface area contributed by atoms with E-state index in [0.29, 0.717) is 0 Å². The van der Waals surface area contributed by atoms with Crippen LogP contribution in [0.3, 0.4) is 0 Å². The van der Waals surface area contributed by atoms with Crippen LogP contribution < -0.4 is 0 Å². The second kappa shape index (κ2) is 26.3. The highest BCUT2D eigenvalue weighted by Gasteiger charge is 2.40. The number of rotatable bonds is 8. The van der Waals surface area contributed by atoms with Crippen LogP contribution in [0.4, 0.5) is 0 Å². The first kappa shape index (κ1) is 66.9. The Balaban J connectivity index is 0.000000139. The fourth-order valence-corrected chi connectivity index (χ4v) is 20.4. The van der Waals surface area contributed by atoms with E-state index in [1.54, 1.807) is 0 Å². The minimum atomic E-state index is -0.123. The molecule has 0 atom stereocenters. The maximum absolute atomic E-state index is 2.39. The van der Waals surface area contributed by atoms with Crippen molar-refractivity contribution in [2.24, 2.45) is 0 Å². The van der Waals surface area contributed by atoms with E-state index in [-0.39, 0.29) is 10.8 Å². The van der Waals surface area contributed by atoms with Crippen molar-refractivity contribution in [1.29, 1.82) is 0 Å². The average molecular weight is 1450 g/mol. The van der Waals surface area contributed by atoms with E-state index in [9.17, 15) is 0 Å². The molecule has 0 spiro atoms. The maximum Gasteiger partial charge on any atom is 0.0165 e. The Kier molecular flexibility index (Phi) is 15.4. The fourth-order valence-electron chi connectivity index (χ4n) is 20.4. The van der Waals surface area contributed by atoms with Gasteiger partial charge in [0.1, 0.15) is 0 Å². The SMILES string of the molecule is CC1(C)c2ccc3ccccc3c2-c2cccc(-c3ccc(-c4c5ccccc5c(-c5ccccc5-c5cc6ccccc6c6ccccc56)c5ccccc45)cc3)c21.CC1(C)c2ccc3ccccc3c2-c2cccc(-c3ccc(-c4c5ccccc5c(-c5ccccc5-c5ccc6ccccc6c5)c5ccccc45)cc3)c21. The second-order valence-corrected chi connectivity index (χ2v) is 32.3. The third-order valence-corrected chi connectivity index (χ3v) is 25.5. The Morgan fingerprint density at radius 3 is 0.895 bits per heavy atom. The molecule has 0 fully saturated rings. The predicted molar refractivity (Wildman–Crippen MR) is 489 cm³/mol. The molecule has 0 bridgehead atoms. The summed E-state index contributed by atoms with van der Waals surface area (Å²) in [7, 11) is 0. The standard InChI is InChI=1S/C59H40.C55H38/c1-59(2)54-35-34-37-16-3-6-19-42(37)57(54)52-29-15-28-43(58(52)59)38-30-32-39(33-31-38)55-48-24-11-13-26-50(48)56(51-27-14-12-25-49(51)55)47-23-10-9-22-46(47)53-36-40-17-4-5-18-41(40)44-20-7-8-21-45(44)53;1-55(2)50-33-32-36-15-5-6-18-42(36)53(50)49-25-13-24-43(54(49)55)37-27-29-38(30-28-37)51-45-20-9-11-22-47(45)52(48-23-12-10-21-46(48)51)44-19-8-7-17-41(44)40-31-26-35-14-3-4-16-39(35)34-40/h3-36H,1-2H3;3-34H,1-2H3. The maximum atomic E-state index is 2.39. The van der Waals surface area contributed by atoms with Gasteiger partial charge in [-0.2, -0.15) is 0 Å². The van der Waals surface area contributed by atoms with Crippen LogP contribution >= 0.6 is 0 Å². The first-order valence-electron chi connectivity index (χ1n) is 40.1. The lowest BCUT2D eigenvalue weighted by Gasteiger charge is -2.25. The zero-order valence-electron chi connectivity index (χ0n) is 64.1. The highest BCUT2D eigenvalue weighted by molar-refractivity contribution is 6.25. The smallest absolute Gasteiger partial charge is 0.0165 e. The minimum absolute atomic E-state index is 0.116. The highest BCUT2D eigenvalue weighted by Crippen LogP contribution is 2.58. The van der Waals surface area contributed by atoms with Gasteiger partial charge in [-0.15, -0.1) is 0 Å². The van der Waals surface area contributed by atoms with Crippen molar-refractivity contribution in [3.05, 3.63) is 423 Å². The van der Waals surface area contributed by atoms with Crippen LogP contribution in [0.25, 0.3) is 208 Å². The summed E-state index contributed by atoms with van der Waals surface area (Å²) in [6.45, 7) is 9.57. The van der Waals surface area contributed by atoms with E-state index < -0.39 is 0 Å². The van der Waals surface area contributed by atoms with Gasteiger partial charge in [0.05, 0.1) is 0 Å². The predicted octanol–water partition coefficient (Wildman–Crippen LogP) is 31.7. The lowest BCUT2D eigenvalue weighted by molar-refractivity contribution is 0.662. The second-order valence-electron chi connectivity index (χ2n) is 32.3. The molecule has 0 aliphatic heterocycles. The van der Waals surface area contributed by atoms with E-state index in [0.717, 1.165) is 0 Å². The van der Waals surface area contributed by atoms with Gasteiger partial charge >= 0.3 is 0 Å². The van der Waals surface area contributed by atoms with Crippen molar-refractivity contribution in [3.63, 3.8) is 0 Å². The third-order valence-electron chi connectivity index (χ3n) is 25.5. The Labute approximate surface area is 664 Å². The van der Waals surface area contributed by atoms with Crippen LogP contribution in [0.1, 0.15) is 49.9 Å². The van der Waals surface area contributed by atoms with Gasteiger partial charge in [0.25, 0.3) is 0 Å². The molecule has 0 heteroatoms. The molecule has 0 aromatic heterocycles. The molecule has 0 N–H and O–H groups in total. The number of hydrogen-bond acceptors (Lipinski definition) is 0. The quantitative estimate of drug-likeness (QED) is 0.105. The van der Waals surface area contributed by atoms with Gasteiger partial charge in [0, 0.05) is 10.8 Å². The first-order valence-corrected chi connectivity index (χ1v) is 40.1. The highest BCUT2D eigenvalue weighted by atomic mass is 14.4. The Morgan fingerprint density at radius 1 is 0.140 bits per heavy atom. The summed E-state index contributed by atoms with van der Waals surface area (Å²) in [5.74, 6) is 0. The summed E-state index contributed by atoms with van der Waals surface area (Å²) in [5.41, 5.74) is 31.0. The summed E-state index contributed by atoms with van der Waals surface area (Å²) in [6.07, 6.45) is 0. The van der Waals surface area contributed by atoms with Crippen LogP contribution in [0.15, 0.2) is 400 Å². The van der Waals surface area contributed by atoms with Crippen molar-refractivity contribution >= 4 is 97.0 Å². The zero-order chi connectivity index (χ0) is 75.9. The molecule has 0 saturated heterocycles. The van der Waals surface area contributed by atoms with Crippen molar-refractivity contribution < 1.29 is 0 Å². The van der Waals surface area contributed by atoms with Crippen molar-refractivity contribution in [2.75, 3.05) is 0 Å². The molecular weight excluding hydrogens is 1370 g/mol. The van der Waals surface area contributed by atoms with Crippen molar-refractivity contribution in [1.82, 2.24) is 0 Å². The van der Waals surface area contributed by atoms with Gasteiger partial charge in [0.15, 0.2) is 0 Å². The average Bonchev–Trinajstić information content (AvgIpc) is 1.49. The van der Waals surface area contributed by atoms with Gasteiger partial charge < -0.3 is 0 Å². The van der Waals surface area contributed by atoms with Crippen molar-refractivity contribution in [3.8, 4) is 111 Å². The molecule has 2 aliphatic rings. The van der Waals surface area contributed by atoms with Gasteiger partial charge in [-0.1, -0.05) is 416 Å². The van der Waals surface area contributed by atoms with E-state index in [4.69, 9.17) is 0 Å². The summed E-state index contributed by atoms with van der Waals surface area (Å²) >= 11 is 0. The van der Waals surface area contributed by atoms with Crippen LogP contribution in [0, 0.1) is 0 Å². The normalized spacial score (nSPS) is 13.1. The van der Waals surface area contributed by atoms with Crippen LogP contribution in [-0.4, -0.2) is 0 Å². The number of fused-ring (bicyclic) bond motifs is 18. The van der Waals surface area contributed by atoms with Gasteiger partial charge in [0.2, 0.25) is 0 Å². The molecule has 23 rings (SSSR count). The Morgan fingerprint density at radius 2 is 0.439 bits per heavy atom. The number of benzene rings is 21. The van der Waals surface area contributed by atoms with Crippen molar-refractivity contribution in [2.45, 2.75) is 38.5 Å². The van der Waals surface area contributed by atoms with Gasteiger partial charge in [-0.05, 0) is 243 Å². The first-order chi connectivity index (χ1) is 56.1. The summed E-state index contributed by atoms with van der Waals surface area (Å²) in [5, 5.41) is 23.0. The summed E-state index contributed by atoms with van der Waals surface area (Å²) < 4.78 is 0. The molecule has 0 saturated carbocycles.